The van der Waals surface area contributed by atoms with Gasteiger partial charge in [-0.2, -0.15) is 8.78 Å². The van der Waals surface area contributed by atoms with E-state index in [0.29, 0.717) is 11.0 Å². The lowest BCUT2D eigenvalue weighted by Crippen LogP contribution is -2.12. The van der Waals surface area contributed by atoms with Crippen molar-refractivity contribution in [1.29, 1.82) is 0 Å². The fourth-order valence-electron chi connectivity index (χ4n) is 1.75. The quantitative estimate of drug-likeness (QED) is 0.805. The van der Waals surface area contributed by atoms with Gasteiger partial charge >= 0.3 is 6.61 Å². The SMILES string of the molecule is O=C(Nc1cccc(CBr)c1)c1cccc(OC(F)F)c1. The van der Waals surface area contributed by atoms with Crippen molar-refractivity contribution < 1.29 is 18.3 Å². The summed E-state index contributed by atoms with van der Waals surface area (Å²) < 4.78 is 28.6. The summed E-state index contributed by atoms with van der Waals surface area (Å²) in [7, 11) is 0. The molecule has 0 saturated heterocycles. The first-order chi connectivity index (χ1) is 10.1. The Morgan fingerprint density at radius 3 is 2.67 bits per heavy atom. The molecule has 110 valence electrons. The molecule has 2 aromatic carbocycles. The second-order valence-corrected chi connectivity index (χ2v) is 4.76. The predicted octanol–water partition coefficient (Wildman–Crippen LogP) is 4.44. The number of carbonyl (C=O) groups excluding carboxylic acids is 1. The van der Waals surface area contributed by atoms with Gasteiger partial charge in [-0.05, 0) is 35.9 Å². The minimum absolute atomic E-state index is 0.0492. The average molecular weight is 356 g/mol. The van der Waals surface area contributed by atoms with Crippen LogP contribution in [0.3, 0.4) is 0 Å². The molecule has 2 rings (SSSR count). The lowest BCUT2D eigenvalue weighted by atomic mass is 10.2. The number of halogens is 3. The summed E-state index contributed by atoms with van der Waals surface area (Å²) in [6, 6.07) is 13.0. The van der Waals surface area contributed by atoms with Crippen molar-refractivity contribution in [2.45, 2.75) is 11.9 Å². The molecule has 3 nitrogen and oxygen atoms in total. The lowest BCUT2D eigenvalue weighted by molar-refractivity contribution is -0.0498. The van der Waals surface area contributed by atoms with E-state index in [0.717, 1.165) is 5.56 Å². The first kappa shape index (κ1) is 15.4. The van der Waals surface area contributed by atoms with Gasteiger partial charge in [0.25, 0.3) is 5.91 Å². The van der Waals surface area contributed by atoms with E-state index in [4.69, 9.17) is 0 Å². The number of anilines is 1. The molecule has 0 unspecified atom stereocenters. The van der Waals surface area contributed by atoms with Crippen LogP contribution in [0.1, 0.15) is 15.9 Å². The highest BCUT2D eigenvalue weighted by Gasteiger charge is 2.10. The molecule has 0 radical (unpaired) electrons. The molecule has 21 heavy (non-hydrogen) atoms. The van der Waals surface area contributed by atoms with Crippen molar-refractivity contribution >= 4 is 27.5 Å². The zero-order chi connectivity index (χ0) is 15.2. The second kappa shape index (κ2) is 7.17. The second-order valence-electron chi connectivity index (χ2n) is 4.19. The molecular weight excluding hydrogens is 344 g/mol. The largest absolute Gasteiger partial charge is 0.435 e. The number of benzene rings is 2. The number of rotatable bonds is 5. The van der Waals surface area contributed by atoms with Crippen molar-refractivity contribution in [1.82, 2.24) is 0 Å². The maximum absolute atomic E-state index is 12.2. The van der Waals surface area contributed by atoms with Gasteiger partial charge in [-0.15, -0.1) is 0 Å². The Labute approximate surface area is 129 Å². The topological polar surface area (TPSA) is 38.3 Å². The van der Waals surface area contributed by atoms with Gasteiger partial charge < -0.3 is 10.1 Å². The normalized spacial score (nSPS) is 10.5. The maximum Gasteiger partial charge on any atom is 0.387 e. The highest BCUT2D eigenvalue weighted by molar-refractivity contribution is 9.08. The van der Waals surface area contributed by atoms with Crippen LogP contribution in [0, 0.1) is 0 Å². The van der Waals surface area contributed by atoms with Crippen LogP contribution < -0.4 is 10.1 Å². The summed E-state index contributed by atoms with van der Waals surface area (Å²) in [5.41, 5.74) is 1.90. The van der Waals surface area contributed by atoms with Gasteiger partial charge in [0.1, 0.15) is 5.75 Å². The first-order valence-electron chi connectivity index (χ1n) is 6.09. The van der Waals surface area contributed by atoms with E-state index in [1.54, 1.807) is 6.07 Å². The summed E-state index contributed by atoms with van der Waals surface area (Å²) in [6.07, 6.45) is 0. The Balaban J connectivity index is 2.12. The third kappa shape index (κ3) is 4.53. The molecule has 0 spiro atoms. The molecule has 6 heteroatoms. The van der Waals surface area contributed by atoms with Crippen LogP contribution in [-0.4, -0.2) is 12.5 Å². The van der Waals surface area contributed by atoms with Gasteiger partial charge in [0.2, 0.25) is 0 Å². The molecule has 0 bridgehead atoms. The molecule has 0 atom stereocenters. The van der Waals surface area contributed by atoms with Crippen molar-refractivity contribution in [3.63, 3.8) is 0 Å². The van der Waals surface area contributed by atoms with Gasteiger partial charge in [0.05, 0.1) is 0 Å². The summed E-state index contributed by atoms with van der Waals surface area (Å²) in [5.74, 6) is -0.437. The fraction of sp³-hybridized carbons (Fsp3) is 0.133. The number of hydrogen-bond donors (Lipinski definition) is 1. The van der Waals surface area contributed by atoms with E-state index in [-0.39, 0.29) is 17.2 Å². The van der Waals surface area contributed by atoms with Gasteiger partial charge in [0, 0.05) is 16.6 Å². The summed E-state index contributed by atoms with van der Waals surface area (Å²) in [4.78, 5) is 12.1. The number of amides is 1. The van der Waals surface area contributed by atoms with Crippen LogP contribution in [0.15, 0.2) is 48.5 Å². The van der Waals surface area contributed by atoms with Crippen LogP contribution in [0.4, 0.5) is 14.5 Å². The highest BCUT2D eigenvalue weighted by Crippen LogP contribution is 2.18. The van der Waals surface area contributed by atoms with E-state index < -0.39 is 6.61 Å². The summed E-state index contributed by atoms with van der Waals surface area (Å²) >= 11 is 3.33. The fourth-order valence-corrected chi connectivity index (χ4v) is 2.10. The van der Waals surface area contributed by atoms with Gasteiger partial charge in [-0.1, -0.05) is 34.1 Å². The Hall–Kier alpha value is -1.95. The van der Waals surface area contributed by atoms with Crippen LogP contribution >= 0.6 is 15.9 Å². The zero-order valence-electron chi connectivity index (χ0n) is 10.9. The lowest BCUT2D eigenvalue weighted by Gasteiger charge is -2.08. The maximum atomic E-state index is 12.2. The van der Waals surface area contributed by atoms with Crippen LogP contribution in [0.2, 0.25) is 0 Å². The van der Waals surface area contributed by atoms with Crippen molar-refractivity contribution in [2.75, 3.05) is 5.32 Å². The number of hydrogen-bond acceptors (Lipinski definition) is 2. The monoisotopic (exact) mass is 355 g/mol. The van der Waals surface area contributed by atoms with Crippen molar-refractivity contribution in [2.24, 2.45) is 0 Å². The average Bonchev–Trinajstić information content (AvgIpc) is 2.47. The number of carbonyl (C=O) groups is 1. The summed E-state index contributed by atoms with van der Waals surface area (Å²) in [5, 5.41) is 3.39. The Kier molecular flexibility index (Phi) is 5.27. The first-order valence-corrected chi connectivity index (χ1v) is 7.22. The van der Waals surface area contributed by atoms with Crippen LogP contribution in [0.5, 0.6) is 5.75 Å². The molecule has 0 aliphatic heterocycles. The van der Waals surface area contributed by atoms with Crippen molar-refractivity contribution in [3.8, 4) is 5.75 Å². The Morgan fingerprint density at radius 1 is 1.19 bits per heavy atom. The number of nitrogens with one attached hydrogen (secondary N) is 1. The predicted molar refractivity (Wildman–Crippen MR) is 80.1 cm³/mol. The third-order valence-corrected chi connectivity index (χ3v) is 3.31. The smallest absolute Gasteiger partial charge is 0.387 e. The minimum Gasteiger partial charge on any atom is -0.435 e. The van der Waals surface area contributed by atoms with Gasteiger partial charge in [-0.3, -0.25) is 4.79 Å². The van der Waals surface area contributed by atoms with E-state index in [2.05, 4.69) is 26.0 Å². The van der Waals surface area contributed by atoms with E-state index in [9.17, 15) is 13.6 Å². The molecular formula is C15H12BrF2NO2. The van der Waals surface area contributed by atoms with E-state index in [1.807, 2.05) is 18.2 Å². The Bertz CT molecular complexity index is 635. The van der Waals surface area contributed by atoms with Gasteiger partial charge in [-0.25, -0.2) is 0 Å². The van der Waals surface area contributed by atoms with E-state index >= 15 is 0 Å². The molecule has 1 amide bonds. The highest BCUT2D eigenvalue weighted by atomic mass is 79.9. The molecule has 0 aliphatic rings. The van der Waals surface area contributed by atoms with Crippen LogP contribution in [0.25, 0.3) is 0 Å². The Morgan fingerprint density at radius 2 is 1.95 bits per heavy atom. The molecule has 0 saturated carbocycles. The standard InChI is InChI=1S/C15H12BrF2NO2/c16-9-10-3-1-5-12(7-10)19-14(20)11-4-2-6-13(8-11)21-15(17)18/h1-8,15H,9H2,(H,19,20). The molecule has 2 aromatic rings. The molecule has 1 N–H and O–H groups in total. The van der Waals surface area contributed by atoms with Crippen molar-refractivity contribution in [3.05, 3.63) is 59.7 Å². The molecule has 0 aliphatic carbocycles. The molecule has 0 aromatic heterocycles. The van der Waals surface area contributed by atoms with Crippen LogP contribution in [-0.2, 0) is 5.33 Å². The minimum atomic E-state index is -2.92. The third-order valence-electron chi connectivity index (χ3n) is 2.66. The van der Waals surface area contributed by atoms with Gasteiger partial charge in [0.15, 0.2) is 0 Å². The zero-order valence-corrected chi connectivity index (χ0v) is 12.4. The number of alkyl halides is 3. The number of ether oxygens (including phenoxy) is 1. The molecule has 0 heterocycles. The van der Waals surface area contributed by atoms with E-state index in [1.165, 1.54) is 24.3 Å². The summed E-state index contributed by atoms with van der Waals surface area (Å²) in [6.45, 7) is -2.92. The molecule has 0 fully saturated rings.